The maximum atomic E-state index is 13.1. The van der Waals surface area contributed by atoms with Gasteiger partial charge in [0.2, 0.25) is 6.10 Å². The average Bonchev–Trinajstić information content (AvgIpc) is 2.99. The molecule has 0 aromatic heterocycles. The summed E-state index contributed by atoms with van der Waals surface area (Å²) < 4.78 is 22.1. The van der Waals surface area contributed by atoms with Crippen molar-refractivity contribution in [2.45, 2.75) is 18.3 Å². The van der Waals surface area contributed by atoms with E-state index in [4.69, 9.17) is 18.9 Å². The number of nitrogens with zero attached hydrogens (tertiary/aromatic N) is 1. The molecule has 0 aliphatic carbocycles. The highest BCUT2D eigenvalue weighted by atomic mass is 16.6. The molecular formula is C30H25NO9. The number of methoxy groups -OCH3 is 1. The predicted octanol–water partition coefficient (Wildman–Crippen LogP) is 3.36. The van der Waals surface area contributed by atoms with Gasteiger partial charge >= 0.3 is 23.9 Å². The molecule has 3 aromatic carbocycles. The van der Waals surface area contributed by atoms with E-state index in [-0.39, 0.29) is 21.4 Å². The normalized spacial score (nSPS) is 21.2. The molecule has 3 aromatic rings. The molecule has 3 atom stereocenters. The summed E-state index contributed by atoms with van der Waals surface area (Å²) in [7, 11) is 1.10. The predicted molar refractivity (Wildman–Crippen MR) is 142 cm³/mol. The summed E-state index contributed by atoms with van der Waals surface area (Å²) in [6, 6.07) is 24.0. The highest BCUT2D eigenvalue weighted by Crippen LogP contribution is 2.21. The lowest BCUT2D eigenvalue weighted by molar-refractivity contribution is -0.470. The highest BCUT2D eigenvalue weighted by Gasteiger charge is 2.42. The summed E-state index contributed by atoms with van der Waals surface area (Å²) in [5.74, 6) is -3.37. The molecule has 10 heteroatoms. The van der Waals surface area contributed by atoms with Crippen molar-refractivity contribution >= 4 is 29.6 Å². The van der Waals surface area contributed by atoms with Crippen LogP contribution in [0.15, 0.2) is 103 Å². The van der Waals surface area contributed by atoms with Crippen LogP contribution < -0.4 is 0 Å². The van der Waals surface area contributed by atoms with Gasteiger partial charge in [-0.3, -0.25) is 0 Å². The lowest BCUT2D eigenvalue weighted by Gasteiger charge is -2.31. The molecule has 0 bridgehead atoms. The van der Waals surface area contributed by atoms with Crippen LogP contribution in [0, 0.1) is 5.21 Å². The Hall–Kier alpha value is -5.25. The number of ether oxygens (including phenoxy) is 4. The molecule has 0 radical (unpaired) electrons. The number of carbonyl (C=O) groups excluding carboxylic acids is 4. The molecule has 0 N–H and O–H groups in total. The molecule has 0 unspecified atom stereocenters. The molecule has 0 amide bonds. The smallest absolute Gasteiger partial charge is 0.404 e. The number of rotatable bonds is 7. The van der Waals surface area contributed by atoms with Crippen LogP contribution in [0.3, 0.4) is 0 Å². The quantitative estimate of drug-likeness (QED) is 0.190. The molecule has 0 fully saturated rings. The van der Waals surface area contributed by atoms with Crippen LogP contribution in [0.25, 0.3) is 0 Å². The second kappa shape index (κ2) is 13.0. The van der Waals surface area contributed by atoms with Gasteiger partial charge in [0.15, 0.2) is 18.8 Å². The van der Waals surface area contributed by atoms with Gasteiger partial charge < -0.3 is 24.2 Å². The van der Waals surface area contributed by atoms with Gasteiger partial charge in [-0.05, 0) is 42.5 Å². The minimum atomic E-state index is -1.48. The number of esters is 4. The SMILES string of the molecule is COC(=O)C1=[N+](/[O-])C[C@H](OC(=O)c2ccccc2)[C@@H](OC(=O)c2ccccc2)[C@@H](OC(=O)c2ccccc2)/C=C\1. The maximum Gasteiger partial charge on any atom is 0.404 e. The van der Waals surface area contributed by atoms with E-state index in [9.17, 15) is 24.4 Å². The van der Waals surface area contributed by atoms with Crippen LogP contribution in [0.4, 0.5) is 0 Å². The maximum absolute atomic E-state index is 13.1. The van der Waals surface area contributed by atoms with Crippen LogP contribution in [0.5, 0.6) is 0 Å². The van der Waals surface area contributed by atoms with Crippen molar-refractivity contribution in [2.75, 3.05) is 13.7 Å². The summed E-state index contributed by atoms with van der Waals surface area (Å²) in [5.41, 5.74) is 0.111. The van der Waals surface area contributed by atoms with Crippen LogP contribution in [0.2, 0.25) is 0 Å². The van der Waals surface area contributed by atoms with Gasteiger partial charge in [-0.2, -0.15) is 4.74 Å². The summed E-state index contributed by atoms with van der Waals surface area (Å²) in [6.45, 7) is -0.639. The lowest BCUT2D eigenvalue weighted by atomic mass is 10.0. The molecule has 1 aliphatic heterocycles. The van der Waals surface area contributed by atoms with E-state index in [0.29, 0.717) is 0 Å². The van der Waals surface area contributed by atoms with Gasteiger partial charge in [-0.1, -0.05) is 54.6 Å². The summed E-state index contributed by atoms with van der Waals surface area (Å²) in [4.78, 5) is 51.5. The monoisotopic (exact) mass is 543 g/mol. The first-order valence-corrected chi connectivity index (χ1v) is 12.2. The van der Waals surface area contributed by atoms with E-state index in [1.54, 1.807) is 54.6 Å². The standard InChI is InChI=1S/C30H25NO9/c1-37-30(35)23-17-18-24(38-27(32)20-11-5-2-6-12-20)26(40-29(34)22-15-9-4-10-16-22)25(19-31(23)36)39-28(33)21-13-7-3-8-14-21/h2-18,24-26H,19H2,1H3/b18-17-,31-23+/t24-,25-,26-/m0/s1. The first kappa shape index (κ1) is 27.8. The van der Waals surface area contributed by atoms with Crippen molar-refractivity contribution in [2.24, 2.45) is 0 Å². The number of hydroxylamine groups is 1. The van der Waals surface area contributed by atoms with Crippen LogP contribution >= 0.6 is 0 Å². The molecule has 0 saturated carbocycles. The largest absolute Gasteiger partial charge is 0.623 e. The Morgan fingerprint density at radius 2 is 1.12 bits per heavy atom. The Morgan fingerprint density at radius 3 is 1.60 bits per heavy atom. The molecule has 0 spiro atoms. The van der Waals surface area contributed by atoms with Crippen molar-refractivity contribution in [1.29, 1.82) is 0 Å². The number of hydrogen-bond donors (Lipinski definition) is 0. The first-order chi connectivity index (χ1) is 19.4. The van der Waals surface area contributed by atoms with Gasteiger partial charge in [0, 0.05) is 6.08 Å². The Bertz CT molecular complexity index is 1420. The Morgan fingerprint density at radius 1 is 0.675 bits per heavy atom. The topological polar surface area (TPSA) is 131 Å². The van der Waals surface area contributed by atoms with Crippen LogP contribution in [-0.4, -0.2) is 66.3 Å². The number of carbonyl (C=O) groups is 4. The molecule has 4 rings (SSSR count). The number of hydrogen-bond acceptors (Lipinski definition) is 9. The molecule has 1 aliphatic rings. The molecule has 204 valence electrons. The lowest BCUT2D eigenvalue weighted by Crippen LogP contribution is -2.50. The Balaban J connectivity index is 1.76. The zero-order chi connectivity index (χ0) is 28.5. The minimum absolute atomic E-state index is 0.167. The van der Waals surface area contributed by atoms with E-state index in [1.165, 1.54) is 42.5 Å². The summed E-state index contributed by atoms with van der Waals surface area (Å²) in [5, 5.41) is 13.0. The molecule has 40 heavy (non-hydrogen) atoms. The minimum Gasteiger partial charge on any atom is -0.623 e. The van der Waals surface area contributed by atoms with E-state index < -0.39 is 54.4 Å². The van der Waals surface area contributed by atoms with E-state index in [2.05, 4.69) is 0 Å². The zero-order valence-corrected chi connectivity index (χ0v) is 21.4. The second-order valence-electron chi connectivity index (χ2n) is 8.58. The third kappa shape index (κ3) is 6.79. The molecule has 1 heterocycles. The second-order valence-corrected chi connectivity index (χ2v) is 8.58. The Labute approximate surface area is 229 Å². The average molecular weight is 544 g/mol. The Kier molecular flexibility index (Phi) is 9.03. The van der Waals surface area contributed by atoms with Gasteiger partial charge in [-0.15, -0.1) is 0 Å². The summed E-state index contributed by atoms with van der Waals surface area (Å²) in [6.07, 6.45) is -2.00. The first-order valence-electron chi connectivity index (χ1n) is 12.2. The third-order valence-corrected chi connectivity index (χ3v) is 5.92. The van der Waals surface area contributed by atoms with Gasteiger partial charge in [0.25, 0.3) is 5.71 Å². The fourth-order valence-corrected chi connectivity index (χ4v) is 3.90. The van der Waals surface area contributed by atoms with Crippen molar-refractivity contribution in [3.63, 3.8) is 0 Å². The van der Waals surface area contributed by atoms with Crippen molar-refractivity contribution in [1.82, 2.24) is 0 Å². The van der Waals surface area contributed by atoms with E-state index >= 15 is 0 Å². The van der Waals surface area contributed by atoms with E-state index in [1.807, 2.05) is 0 Å². The van der Waals surface area contributed by atoms with Gasteiger partial charge in [0.1, 0.15) is 0 Å². The van der Waals surface area contributed by atoms with Gasteiger partial charge in [-0.25, -0.2) is 19.2 Å². The zero-order valence-electron chi connectivity index (χ0n) is 21.4. The van der Waals surface area contributed by atoms with Crippen molar-refractivity contribution in [3.05, 3.63) is 125 Å². The third-order valence-electron chi connectivity index (χ3n) is 5.92. The molecule has 10 nitrogen and oxygen atoms in total. The van der Waals surface area contributed by atoms with Crippen LogP contribution in [0.1, 0.15) is 31.1 Å². The summed E-state index contributed by atoms with van der Waals surface area (Å²) >= 11 is 0. The molecular weight excluding hydrogens is 518 g/mol. The van der Waals surface area contributed by atoms with Crippen molar-refractivity contribution in [3.8, 4) is 0 Å². The fourth-order valence-electron chi connectivity index (χ4n) is 3.90. The number of benzene rings is 3. The van der Waals surface area contributed by atoms with Gasteiger partial charge in [0.05, 0.1) is 23.8 Å². The van der Waals surface area contributed by atoms with Crippen LogP contribution in [-0.2, 0) is 23.7 Å². The fraction of sp³-hybridized carbons (Fsp3) is 0.167. The van der Waals surface area contributed by atoms with E-state index in [0.717, 1.165) is 13.2 Å². The van der Waals surface area contributed by atoms with Crippen molar-refractivity contribution < 1.29 is 42.9 Å². The highest BCUT2D eigenvalue weighted by molar-refractivity contribution is 6.38. The molecule has 0 saturated heterocycles.